The summed E-state index contributed by atoms with van der Waals surface area (Å²) in [5.74, 6) is -0.499. The van der Waals surface area contributed by atoms with E-state index in [0.29, 0.717) is 19.4 Å². The van der Waals surface area contributed by atoms with Gasteiger partial charge in [0.15, 0.2) is 0 Å². The fourth-order valence-corrected chi connectivity index (χ4v) is 2.56. The second-order valence-corrected chi connectivity index (χ2v) is 6.02. The van der Waals surface area contributed by atoms with Crippen molar-refractivity contribution in [3.63, 3.8) is 0 Å². The zero-order valence-electron chi connectivity index (χ0n) is 15.0. The fraction of sp³-hybridized carbons (Fsp3) is 0.722. The zero-order valence-corrected chi connectivity index (χ0v) is 15.0. The molecule has 0 aromatic carbocycles. The monoisotopic (exact) mass is 337 g/mol. The predicted octanol–water partition coefficient (Wildman–Crippen LogP) is 3.14. The highest BCUT2D eigenvalue weighted by Gasteiger charge is 2.22. The van der Waals surface area contributed by atoms with E-state index in [0.717, 1.165) is 18.5 Å². The van der Waals surface area contributed by atoms with Crippen LogP contribution in [0.15, 0.2) is 12.5 Å². The topological polar surface area (TPSA) is 84.1 Å². The molecule has 0 radical (unpaired) electrons. The van der Waals surface area contributed by atoms with E-state index in [1.54, 1.807) is 19.4 Å². The van der Waals surface area contributed by atoms with Crippen molar-refractivity contribution in [3.05, 3.63) is 18.2 Å². The molecule has 0 bridgehead atoms. The third-order valence-electron chi connectivity index (χ3n) is 3.89. The van der Waals surface area contributed by atoms with Crippen molar-refractivity contribution >= 4 is 11.9 Å². The van der Waals surface area contributed by atoms with Crippen molar-refractivity contribution in [2.75, 3.05) is 6.61 Å². The van der Waals surface area contributed by atoms with Crippen LogP contribution in [0.2, 0.25) is 0 Å². The highest BCUT2D eigenvalue weighted by atomic mass is 16.5. The fourth-order valence-electron chi connectivity index (χ4n) is 2.56. The lowest BCUT2D eigenvalue weighted by atomic mass is 10.1. The maximum atomic E-state index is 12.1. The number of nitrogens with zero attached hydrogens (tertiary/aromatic N) is 1. The Morgan fingerprint density at radius 3 is 2.50 bits per heavy atom. The Labute approximate surface area is 144 Å². The Bertz CT molecular complexity index is 460. The molecule has 0 unspecified atom stereocenters. The summed E-state index contributed by atoms with van der Waals surface area (Å²) in [7, 11) is 0. The SMILES string of the molecule is CCCCCCCCCC(=O)N[C@@H](Cc1cnc[nH]1)C(=O)OCC. The number of ether oxygens (including phenoxy) is 1. The first-order valence-corrected chi connectivity index (χ1v) is 9.10. The second kappa shape index (κ2) is 12.6. The van der Waals surface area contributed by atoms with E-state index >= 15 is 0 Å². The Hall–Kier alpha value is -1.85. The van der Waals surface area contributed by atoms with Crippen molar-refractivity contribution in [2.45, 2.75) is 77.7 Å². The van der Waals surface area contributed by atoms with Gasteiger partial charge < -0.3 is 15.0 Å². The van der Waals surface area contributed by atoms with E-state index in [9.17, 15) is 9.59 Å². The maximum absolute atomic E-state index is 12.1. The van der Waals surface area contributed by atoms with Crippen LogP contribution in [0.25, 0.3) is 0 Å². The highest BCUT2D eigenvalue weighted by molar-refractivity contribution is 5.84. The lowest BCUT2D eigenvalue weighted by Crippen LogP contribution is -2.43. The number of carbonyl (C=O) groups is 2. The largest absolute Gasteiger partial charge is 0.464 e. The highest BCUT2D eigenvalue weighted by Crippen LogP contribution is 2.09. The molecule has 1 heterocycles. The molecule has 1 atom stereocenters. The van der Waals surface area contributed by atoms with Crippen LogP contribution in [-0.4, -0.2) is 34.5 Å². The van der Waals surface area contributed by atoms with Gasteiger partial charge in [0.05, 0.1) is 12.9 Å². The Balaban J connectivity index is 2.31. The number of carbonyl (C=O) groups excluding carboxylic acids is 2. The van der Waals surface area contributed by atoms with Crippen LogP contribution in [0.3, 0.4) is 0 Å². The van der Waals surface area contributed by atoms with Gasteiger partial charge in [-0.15, -0.1) is 0 Å². The van der Waals surface area contributed by atoms with Crippen molar-refractivity contribution < 1.29 is 14.3 Å². The van der Waals surface area contributed by atoms with E-state index in [-0.39, 0.29) is 5.91 Å². The van der Waals surface area contributed by atoms with Gasteiger partial charge in [-0.25, -0.2) is 9.78 Å². The molecular formula is C18H31N3O3. The van der Waals surface area contributed by atoms with Crippen LogP contribution < -0.4 is 5.32 Å². The molecule has 2 N–H and O–H groups in total. The van der Waals surface area contributed by atoms with Gasteiger partial charge in [-0.1, -0.05) is 45.4 Å². The summed E-state index contributed by atoms with van der Waals surface area (Å²) >= 11 is 0. The molecule has 0 spiro atoms. The van der Waals surface area contributed by atoms with Crippen molar-refractivity contribution in [3.8, 4) is 0 Å². The van der Waals surface area contributed by atoms with Gasteiger partial charge in [0.25, 0.3) is 0 Å². The van der Waals surface area contributed by atoms with Gasteiger partial charge in [0.2, 0.25) is 5.91 Å². The standard InChI is InChI=1S/C18H31N3O3/c1-3-5-6-7-8-9-10-11-17(22)21-16(18(23)24-4-2)12-15-13-19-14-20-15/h13-14,16H,3-12H2,1-2H3,(H,19,20)(H,21,22)/t16-/m0/s1. The first-order chi connectivity index (χ1) is 11.7. The Morgan fingerprint density at radius 2 is 1.88 bits per heavy atom. The van der Waals surface area contributed by atoms with E-state index < -0.39 is 12.0 Å². The summed E-state index contributed by atoms with van der Waals surface area (Å²) in [5, 5.41) is 2.79. The maximum Gasteiger partial charge on any atom is 0.329 e. The van der Waals surface area contributed by atoms with Crippen molar-refractivity contribution in [2.24, 2.45) is 0 Å². The number of amides is 1. The zero-order chi connectivity index (χ0) is 17.6. The number of hydrogen-bond acceptors (Lipinski definition) is 4. The van der Waals surface area contributed by atoms with Gasteiger partial charge >= 0.3 is 5.97 Å². The molecule has 1 aromatic rings. The first-order valence-electron chi connectivity index (χ1n) is 9.10. The molecule has 0 aliphatic carbocycles. The molecule has 0 aliphatic rings. The van der Waals surface area contributed by atoms with E-state index in [1.807, 2.05) is 0 Å². The normalized spacial score (nSPS) is 11.9. The van der Waals surface area contributed by atoms with Crippen molar-refractivity contribution in [1.29, 1.82) is 0 Å². The average molecular weight is 337 g/mol. The molecule has 136 valence electrons. The molecule has 1 aromatic heterocycles. The van der Waals surface area contributed by atoms with Crippen LogP contribution in [-0.2, 0) is 20.7 Å². The number of H-pyrrole nitrogens is 1. The lowest BCUT2D eigenvalue weighted by Gasteiger charge is -2.16. The van der Waals surface area contributed by atoms with Gasteiger partial charge in [0.1, 0.15) is 6.04 Å². The number of nitrogens with one attached hydrogen (secondary N) is 2. The molecule has 6 nitrogen and oxygen atoms in total. The molecular weight excluding hydrogens is 306 g/mol. The van der Waals surface area contributed by atoms with E-state index in [1.165, 1.54) is 32.1 Å². The average Bonchev–Trinajstić information content (AvgIpc) is 3.06. The van der Waals surface area contributed by atoms with E-state index in [4.69, 9.17) is 4.74 Å². The van der Waals surface area contributed by atoms with E-state index in [2.05, 4.69) is 22.2 Å². The number of hydrogen-bond donors (Lipinski definition) is 2. The van der Waals surface area contributed by atoms with Crippen molar-refractivity contribution in [1.82, 2.24) is 15.3 Å². The minimum Gasteiger partial charge on any atom is -0.464 e. The molecule has 0 fully saturated rings. The lowest BCUT2D eigenvalue weighted by molar-refractivity contribution is -0.147. The van der Waals surface area contributed by atoms with Crippen LogP contribution in [0.4, 0.5) is 0 Å². The summed E-state index contributed by atoms with van der Waals surface area (Å²) in [5.41, 5.74) is 0.796. The third-order valence-corrected chi connectivity index (χ3v) is 3.89. The summed E-state index contributed by atoms with van der Waals surface area (Å²) in [6.07, 6.45) is 12.1. The molecule has 0 saturated heterocycles. The summed E-state index contributed by atoms with van der Waals surface area (Å²) in [4.78, 5) is 31.0. The van der Waals surface area contributed by atoms with Crippen LogP contribution in [0, 0.1) is 0 Å². The smallest absolute Gasteiger partial charge is 0.329 e. The number of unbranched alkanes of at least 4 members (excludes halogenated alkanes) is 6. The predicted molar refractivity (Wildman–Crippen MR) is 93.5 cm³/mol. The summed E-state index contributed by atoms with van der Waals surface area (Å²) in [6, 6.07) is -0.664. The Morgan fingerprint density at radius 1 is 1.17 bits per heavy atom. The number of imidazole rings is 1. The number of rotatable bonds is 13. The van der Waals surface area contributed by atoms with Gasteiger partial charge in [-0.3, -0.25) is 4.79 Å². The first kappa shape index (κ1) is 20.2. The molecule has 1 amide bonds. The molecule has 6 heteroatoms. The van der Waals surface area contributed by atoms with Crippen LogP contribution in [0.1, 0.15) is 70.9 Å². The van der Waals surface area contributed by atoms with Gasteiger partial charge in [0, 0.05) is 24.7 Å². The third kappa shape index (κ3) is 8.70. The minimum atomic E-state index is -0.664. The Kier molecular flexibility index (Phi) is 10.6. The molecule has 24 heavy (non-hydrogen) atoms. The quantitative estimate of drug-likeness (QED) is 0.428. The van der Waals surface area contributed by atoms with Gasteiger partial charge in [-0.05, 0) is 13.3 Å². The van der Waals surface area contributed by atoms with Gasteiger partial charge in [-0.2, -0.15) is 0 Å². The summed E-state index contributed by atoms with van der Waals surface area (Å²) < 4.78 is 5.05. The van der Waals surface area contributed by atoms with Crippen LogP contribution >= 0.6 is 0 Å². The number of aromatic nitrogens is 2. The molecule has 0 saturated carbocycles. The van der Waals surface area contributed by atoms with Crippen LogP contribution in [0.5, 0.6) is 0 Å². The number of esters is 1. The number of aromatic amines is 1. The molecule has 0 aliphatic heterocycles. The molecule has 1 rings (SSSR count). The summed E-state index contributed by atoms with van der Waals surface area (Å²) in [6.45, 7) is 4.25. The second-order valence-electron chi connectivity index (χ2n) is 6.02. The minimum absolute atomic E-state index is 0.0962.